The Hall–Kier alpha value is -1.11. The van der Waals surface area contributed by atoms with E-state index in [-0.39, 0.29) is 23.7 Å². The number of nitrogens with one attached hydrogen (secondary N) is 2. The van der Waals surface area contributed by atoms with Gasteiger partial charge >= 0.3 is 0 Å². The molecule has 1 aliphatic heterocycles. The highest BCUT2D eigenvalue weighted by Gasteiger charge is 2.33. The van der Waals surface area contributed by atoms with Crippen molar-refractivity contribution in [2.75, 3.05) is 33.4 Å². The minimum Gasteiger partial charge on any atom is -0.384 e. The van der Waals surface area contributed by atoms with Crippen LogP contribution < -0.4 is 10.6 Å². The third kappa shape index (κ3) is 4.00. The SMILES string of the molecule is COCC1(CNC(=O)c2cc(C3CC3)on2)CCNCC1.Cl. The molecule has 0 unspecified atom stereocenters. The van der Waals surface area contributed by atoms with E-state index < -0.39 is 0 Å². The van der Waals surface area contributed by atoms with Crippen LogP contribution in [0.25, 0.3) is 0 Å². The second kappa shape index (κ2) is 7.44. The summed E-state index contributed by atoms with van der Waals surface area (Å²) in [6, 6.07) is 1.78. The molecule has 124 valence electrons. The molecular weight excluding hydrogens is 306 g/mol. The van der Waals surface area contributed by atoms with Crippen LogP contribution in [0.15, 0.2) is 10.6 Å². The van der Waals surface area contributed by atoms with Crippen molar-refractivity contribution in [1.82, 2.24) is 15.8 Å². The lowest BCUT2D eigenvalue weighted by atomic mass is 9.79. The van der Waals surface area contributed by atoms with E-state index in [0.717, 1.165) is 44.5 Å². The van der Waals surface area contributed by atoms with Crippen molar-refractivity contribution in [2.45, 2.75) is 31.6 Å². The molecule has 7 heteroatoms. The summed E-state index contributed by atoms with van der Waals surface area (Å²) in [6.07, 6.45) is 4.29. The third-order valence-electron chi connectivity index (χ3n) is 4.48. The van der Waals surface area contributed by atoms with Crippen LogP contribution in [0.5, 0.6) is 0 Å². The first-order valence-electron chi connectivity index (χ1n) is 7.67. The zero-order chi connectivity index (χ0) is 14.7. The maximum atomic E-state index is 12.2. The van der Waals surface area contributed by atoms with Gasteiger partial charge < -0.3 is 19.9 Å². The first-order valence-corrected chi connectivity index (χ1v) is 7.67. The summed E-state index contributed by atoms with van der Waals surface area (Å²) in [5.41, 5.74) is 0.414. The first-order chi connectivity index (χ1) is 10.2. The molecule has 0 bridgehead atoms. The zero-order valence-corrected chi connectivity index (χ0v) is 13.7. The molecule has 22 heavy (non-hydrogen) atoms. The van der Waals surface area contributed by atoms with E-state index in [0.29, 0.717) is 24.8 Å². The second-order valence-corrected chi connectivity index (χ2v) is 6.25. The van der Waals surface area contributed by atoms with Crippen molar-refractivity contribution >= 4 is 18.3 Å². The average molecular weight is 330 g/mol. The second-order valence-electron chi connectivity index (χ2n) is 6.25. The van der Waals surface area contributed by atoms with Gasteiger partial charge in [0.2, 0.25) is 0 Å². The van der Waals surface area contributed by atoms with Gasteiger partial charge in [0.25, 0.3) is 5.91 Å². The Morgan fingerprint density at radius 2 is 2.23 bits per heavy atom. The Kier molecular flexibility index (Phi) is 5.83. The molecule has 1 aromatic rings. The van der Waals surface area contributed by atoms with Crippen LogP contribution in [0.3, 0.4) is 0 Å². The molecule has 1 aromatic heterocycles. The molecule has 2 N–H and O–H groups in total. The normalized spacial score (nSPS) is 20.2. The Morgan fingerprint density at radius 1 is 1.50 bits per heavy atom. The number of carbonyl (C=O) groups is 1. The summed E-state index contributed by atoms with van der Waals surface area (Å²) in [4.78, 5) is 12.2. The molecule has 0 aromatic carbocycles. The topological polar surface area (TPSA) is 76.4 Å². The number of nitrogens with zero attached hydrogens (tertiary/aromatic N) is 1. The van der Waals surface area contributed by atoms with Crippen molar-refractivity contribution in [3.05, 3.63) is 17.5 Å². The van der Waals surface area contributed by atoms with Crippen molar-refractivity contribution in [3.8, 4) is 0 Å². The monoisotopic (exact) mass is 329 g/mol. The van der Waals surface area contributed by atoms with Gasteiger partial charge in [-0.15, -0.1) is 12.4 Å². The van der Waals surface area contributed by atoms with Crippen molar-refractivity contribution < 1.29 is 14.1 Å². The molecule has 1 saturated carbocycles. The molecule has 6 nitrogen and oxygen atoms in total. The lowest BCUT2D eigenvalue weighted by Crippen LogP contribution is -2.47. The Morgan fingerprint density at radius 3 is 2.86 bits per heavy atom. The molecule has 1 aliphatic carbocycles. The fraction of sp³-hybridized carbons (Fsp3) is 0.733. The summed E-state index contributed by atoms with van der Waals surface area (Å²) in [6.45, 7) is 3.22. The summed E-state index contributed by atoms with van der Waals surface area (Å²) >= 11 is 0. The van der Waals surface area contributed by atoms with Gasteiger partial charge in [0.05, 0.1) is 6.61 Å². The molecular formula is C15H24ClN3O3. The maximum absolute atomic E-state index is 12.2. The number of hydrogen-bond donors (Lipinski definition) is 2. The maximum Gasteiger partial charge on any atom is 0.273 e. The van der Waals surface area contributed by atoms with Crippen LogP contribution in [0.2, 0.25) is 0 Å². The van der Waals surface area contributed by atoms with Gasteiger partial charge in [0.1, 0.15) is 5.76 Å². The Labute approximate surface area is 136 Å². The molecule has 1 amide bonds. The predicted octanol–water partition coefficient (Wildman–Crippen LogP) is 1.72. The van der Waals surface area contributed by atoms with Gasteiger partial charge in [-0.25, -0.2) is 0 Å². The number of halogens is 1. The predicted molar refractivity (Wildman–Crippen MR) is 84.5 cm³/mol. The van der Waals surface area contributed by atoms with E-state index in [4.69, 9.17) is 9.26 Å². The Balaban J connectivity index is 0.00000176. The van der Waals surface area contributed by atoms with E-state index in [2.05, 4.69) is 15.8 Å². The summed E-state index contributed by atoms with van der Waals surface area (Å²) in [5, 5.41) is 10.2. The molecule has 0 spiro atoms. The number of carbonyl (C=O) groups excluding carboxylic acids is 1. The molecule has 0 radical (unpaired) electrons. The van der Waals surface area contributed by atoms with Crippen molar-refractivity contribution in [3.63, 3.8) is 0 Å². The van der Waals surface area contributed by atoms with Gasteiger partial charge in [-0.2, -0.15) is 0 Å². The Bertz CT molecular complexity index is 490. The number of methoxy groups -OCH3 is 1. The number of aromatic nitrogens is 1. The molecule has 2 aliphatic rings. The minimum absolute atomic E-state index is 0. The summed E-state index contributed by atoms with van der Waals surface area (Å²) < 4.78 is 10.6. The van der Waals surface area contributed by atoms with Crippen LogP contribution in [-0.4, -0.2) is 44.4 Å². The van der Waals surface area contributed by atoms with Crippen LogP contribution in [0.1, 0.15) is 47.8 Å². The summed E-state index contributed by atoms with van der Waals surface area (Å²) in [7, 11) is 1.71. The van der Waals surface area contributed by atoms with Crippen LogP contribution in [0.4, 0.5) is 0 Å². The molecule has 1 saturated heterocycles. The molecule has 3 rings (SSSR count). The smallest absolute Gasteiger partial charge is 0.273 e. The average Bonchev–Trinajstić information content (AvgIpc) is 3.24. The number of ether oxygens (including phenoxy) is 1. The van der Waals surface area contributed by atoms with Gasteiger partial charge in [-0.3, -0.25) is 4.79 Å². The fourth-order valence-corrected chi connectivity index (χ4v) is 2.95. The zero-order valence-electron chi connectivity index (χ0n) is 12.9. The largest absolute Gasteiger partial charge is 0.384 e. The highest BCUT2D eigenvalue weighted by molar-refractivity contribution is 5.92. The van der Waals surface area contributed by atoms with E-state index in [9.17, 15) is 4.79 Å². The quantitative estimate of drug-likeness (QED) is 0.831. The number of hydrogen-bond acceptors (Lipinski definition) is 5. The fourth-order valence-electron chi connectivity index (χ4n) is 2.95. The van der Waals surface area contributed by atoms with Gasteiger partial charge in [0, 0.05) is 31.1 Å². The van der Waals surface area contributed by atoms with Crippen LogP contribution in [0, 0.1) is 5.41 Å². The van der Waals surface area contributed by atoms with Gasteiger partial charge in [0.15, 0.2) is 5.69 Å². The third-order valence-corrected chi connectivity index (χ3v) is 4.48. The summed E-state index contributed by atoms with van der Waals surface area (Å²) in [5.74, 6) is 1.16. The number of rotatable bonds is 6. The van der Waals surface area contributed by atoms with E-state index >= 15 is 0 Å². The standard InChI is InChI=1S/C15H23N3O3.ClH/c1-20-10-15(4-6-16-7-5-15)9-17-14(19)12-8-13(21-18-12)11-2-3-11;/h8,11,16H,2-7,9-10H2,1H3,(H,17,19);1H. The lowest BCUT2D eigenvalue weighted by molar-refractivity contribution is 0.0510. The highest BCUT2D eigenvalue weighted by atomic mass is 35.5. The number of piperidine rings is 1. The van der Waals surface area contributed by atoms with E-state index in [1.54, 1.807) is 13.2 Å². The molecule has 2 heterocycles. The van der Waals surface area contributed by atoms with E-state index in [1.807, 2.05) is 0 Å². The van der Waals surface area contributed by atoms with Crippen LogP contribution in [-0.2, 0) is 4.74 Å². The highest BCUT2D eigenvalue weighted by Crippen LogP contribution is 2.40. The van der Waals surface area contributed by atoms with E-state index in [1.165, 1.54) is 0 Å². The molecule has 0 atom stereocenters. The van der Waals surface area contributed by atoms with Crippen molar-refractivity contribution in [2.24, 2.45) is 5.41 Å². The number of amides is 1. The van der Waals surface area contributed by atoms with Crippen LogP contribution >= 0.6 is 12.4 Å². The first kappa shape index (κ1) is 17.2. The minimum atomic E-state index is -0.153. The van der Waals surface area contributed by atoms with Crippen molar-refractivity contribution in [1.29, 1.82) is 0 Å². The van der Waals surface area contributed by atoms with Gasteiger partial charge in [-0.05, 0) is 38.8 Å². The van der Waals surface area contributed by atoms with Gasteiger partial charge in [-0.1, -0.05) is 5.16 Å². The molecule has 2 fully saturated rings. The lowest BCUT2D eigenvalue weighted by Gasteiger charge is -2.37.